The van der Waals surface area contributed by atoms with Crippen LogP contribution in [-0.4, -0.2) is 34.9 Å². The quantitative estimate of drug-likeness (QED) is 0.663. The molecular formula is C12H23NO3. The van der Waals surface area contributed by atoms with Gasteiger partial charge in [-0.3, -0.25) is 4.79 Å². The molecule has 0 bridgehead atoms. The Hall–Kier alpha value is -0.610. The van der Waals surface area contributed by atoms with Gasteiger partial charge in [-0.1, -0.05) is 26.7 Å². The van der Waals surface area contributed by atoms with Gasteiger partial charge in [-0.15, -0.1) is 0 Å². The van der Waals surface area contributed by atoms with Crippen LogP contribution in [0.5, 0.6) is 0 Å². The highest BCUT2D eigenvalue weighted by Crippen LogP contribution is 2.31. The van der Waals surface area contributed by atoms with E-state index in [9.17, 15) is 9.90 Å². The summed E-state index contributed by atoms with van der Waals surface area (Å²) in [7, 11) is 0. The number of carboxylic acid groups (broad SMARTS) is 1. The number of aliphatic carboxylic acids is 1. The summed E-state index contributed by atoms with van der Waals surface area (Å²) in [6.45, 7) is 4.76. The van der Waals surface area contributed by atoms with E-state index in [4.69, 9.17) is 5.11 Å². The summed E-state index contributed by atoms with van der Waals surface area (Å²) in [6, 6.07) is 0. The summed E-state index contributed by atoms with van der Waals surface area (Å²) in [6.07, 6.45) is 3.90. The Morgan fingerprint density at radius 1 is 1.62 bits per heavy atom. The second-order valence-corrected chi connectivity index (χ2v) is 5.30. The lowest BCUT2D eigenvalue weighted by molar-refractivity contribution is -0.141. The van der Waals surface area contributed by atoms with Crippen LogP contribution in [0.25, 0.3) is 0 Å². The largest absolute Gasteiger partial charge is 0.481 e. The van der Waals surface area contributed by atoms with Gasteiger partial charge in [-0.25, -0.2) is 0 Å². The first-order valence-corrected chi connectivity index (χ1v) is 6.09. The Morgan fingerprint density at radius 2 is 2.31 bits per heavy atom. The summed E-state index contributed by atoms with van der Waals surface area (Å²) < 4.78 is 0. The van der Waals surface area contributed by atoms with Crippen molar-refractivity contribution in [3.05, 3.63) is 0 Å². The van der Waals surface area contributed by atoms with Crippen molar-refractivity contribution in [2.24, 2.45) is 11.8 Å². The van der Waals surface area contributed by atoms with Gasteiger partial charge in [0.25, 0.3) is 0 Å². The fourth-order valence-electron chi connectivity index (χ4n) is 2.40. The second-order valence-electron chi connectivity index (χ2n) is 5.30. The van der Waals surface area contributed by atoms with Crippen molar-refractivity contribution in [1.82, 2.24) is 5.32 Å². The molecule has 0 aromatic carbocycles. The van der Waals surface area contributed by atoms with E-state index < -0.39 is 17.5 Å². The Balaban J connectivity index is 2.28. The number of hydrogen-bond donors (Lipinski definition) is 3. The van der Waals surface area contributed by atoms with Crippen LogP contribution in [0.3, 0.4) is 0 Å². The molecule has 4 heteroatoms. The summed E-state index contributed by atoms with van der Waals surface area (Å²) in [4.78, 5) is 10.6. The molecule has 1 rings (SSSR count). The third kappa shape index (κ3) is 4.10. The molecule has 0 radical (unpaired) electrons. The maximum Gasteiger partial charge on any atom is 0.307 e. The average molecular weight is 229 g/mol. The molecular weight excluding hydrogens is 206 g/mol. The molecule has 0 saturated heterocycles. The summed E-state index contributed by atoms with van der Waals surface area (Å²) >= 11 is 0. The fourth-order valence-corrected chi connectivity index (χ4v) is 2.40. The third-order valence-corrected chi connectivity index (χ3v) is 3.39. The van der Waals surface area contributed by atoms with Crippen molar-refractivity contribution in [3.63, 3.8) is 0 Å². The first kappa shape index (κ1) is 13.5. The van der Waals surface area contributed by atoms with E-state index in [1.54, 1.807) is 6.92 Å². The van der Waals surface area contributed by atoms with Crippen LogP contribution >= 0.6 is 0 Å². The van der Waals surface area contributed by atoms with Crippen LogP contribution in [0, 0.1) is 11.8 Å². The average Bonchev–Trinajstić information content (AvgIpc) is 2.16. The number of carbonyl (C=O) groups is 1. The zero-order valence-electron chi connectivity index (χ0n) is 10.2. The number of nitrogens with one attached hydrogen (secondary N) is 1. The van der Waals surface area contributed by atoms with Crippen molar-refractivity contribution in [2.45, 2.75) is 45.1 Å². The maximum atomic E-state index is 10.6. The van der Waals surface area contributed by atoms with Crippen LogP contribution in [0.15, 0.2) is 0 Å². The second kappa shape index (κ2) is 5.64. The smallest absolute Gasteiger partial charge is 0.307 e. The van der Waals surface area contributed by atoms with Gasteiger partial charge in [0.2, 0.25) is 0 Å². The third-order valence-electron chi connectivity index (χ3n) is 3.39. The van der Waals surface area contributed by atoms with Crippen LogP contribution < -0.4 is 5.32 Å². The summed E-state index contributed by atoms with van der Waals surface area (Å²) in [5.74, 6) is -0.626. The number of hydrogen-bond acceptors (Lipinski definition) is 3. The Bertz CT molecular complexity index is 244. The molecule has 0 spiro atoms. The predicted molar refractivity (Wildman–Crippen MR) is 62.3 cm³/mol. The van der Waals surface area contributed by atoms with Crippen molar-refractivity contribution < 1.29 is 15.0 Å². The van der Waals surface area contributed by atoms with Gasteiger partial charge in [-0.05, 0) is 18.8 Å². The minimum Gasteiger partial charge on any atom is -0.481 e. The molecule has 1 aliphatic carbocycles. The summed E-state index contributed by atoms with van der Waals surface area (Å²) in [5.41, 5.74) is -0.629. The first-order valence-electron chi connectivity index (χ1n) is 6.09. The van der Waals surface area contributed by atoms with E-state index in [2.05, 4.69) is 12.2 Å². The standard InChI is InChI=1S/C12H23NO3/c1-9-4-3-5-12(16,6-9)8-13-7-10(2)11(14)15/h9-10,13,16H,3-8H2,1-2H3,(H,14,15). The molecule has 16 heavy (non-hydrogen) atoms. The van der Waals surface area contributed by atoms with Crippen LogP contribution in [0.2, 0.25) is 0 Å². The Morgan fingerprint density at radius 3 is 2.88 bits per heavy atom. The predicted octanol–water partition coefficient (Wildman–Crippen LogP) is 1.24. The molecule has 0 aromatic rings. The molecule has 0 aromatic heterocycles. The Kier molecular flexibility index (Phi) is 4.74. The molecule has 1 saturated carbocycles. The van der Waals surface area contributed by atoms with Gasteiger partial charge in [-0.2, -0.15) is 0 Å². The van der Waals surface area contributed by atoms with Crippen molar-refractivity contribution in [3.8, 4) is 0 Å². The van der Waals surface area contributed by atoms with E-state index in [-0.39, 0.29) is 0 Å². The minimum atomic E-state index is -0.795. The fraction of sp³-hybridized carbons (Fsp3) is 0.917. The van der Waals surface area contributed by atoms with Gasteiger partial charge < -0.3 is 15.5 Å². The Labute approximate surface area is 97.0 Å². The van der Waals surface area contributed by atoms with E-state index in [0.717, 1.165) is 19.3 Å². The minimum absolute atomic E-state index is 0.399. The number of rotatable bonds is 5. The van der Waals surface area contributed by atoms with Crippen molar-refractivity contribution in [1.29, 1.82) is 0 Å². The van der Waals surface area contributed by atoms with E-state index in [1.807, 2.05) is 0 Å². The van der Waals surface area contributed by atoms with Crippen LogP contribution in [-0.2, 0) is 4.79 Å². The SMILES string of the molecule is CC1CCCC(O)(CNCC(C)C(=O)O)C1. The summed E-state index contributed by atoms with van der Waals surface area (Å²) in [5, 5.41) is 22.1. The zero-order valence-corrected chi connectivity index (χ0v) is 10.2. The molecule has 4 nitrogen and oxygen atoms in total. The lowest BCUT2D eigenvalue weighted by atomic mass is 9.79. The van der Waals surface area contributed by atoms with E-state index in [1.165, 1.54) is 6.42 Å². The number of carboxylic acids is 1. The first-order chi connectivity index (χ1) is 7.43. The van der Waals surface area contributed by atoms with Crippen molar-refractivity contribution in [2.75, 3.05) is 13.1 Å². The lowest BCUT2D eigenvalue weighted by Gasteiger charge is -2.35. The molecule has 3 N–H and O–H groups in total. The number of aliphatic hydroxyl groups is 1. The molecule has 0 amide bonds. The highest BCUT2D eigenvalue weighted by molar-refractivity contribution is 5.69. The van der Waals surface area contributed by atoms with E-state index in [0.29, 0.717) is 19.0 Å². The highest BCUT2D eigenvalue weighted by Gasteiger charge is 2.32. The monoisotopic (exact) mass is 229 g/mol. The van der Waals surface area contributed by atoms with Crippen LogP contribution in [0.4, 0.5) is 0 Å². The molecule has 1 fully saturated rings. The lowest BCUT2D eigenvalue weighted by Crippen LogP contribution is -2.45. The van der Waals surface area contributed by atoms with Gasteiger partial charge >= 0.3 is 5.97 Å². The molecule has 1 aliphatic rings. The van der Waals surface area contributed by atoms with Gasteiger partial charge in [0.1, 0.15) is 0 Å². The van der Waals surface area contributed by atoms with Gasteiger partial charge in [0.15, 0.2) is 0 Å². The maximum absolute atomic E-state index is 10.6. The normalized spacial score (nSPS) is 32.3. The highest BCUT2D eigenvalue weighted by atomic mass is 16.4. The molecule has 0 heterocycles. The topological polar surface area (TPSA) is 69.6 Å². The van der Waals surface area contributed by atoms with E-state index >= 15 is 0 Å². The van der Waals surface area contributed by atoms with Crippen LogP contribution in [0.1, 0.15) is 39.5 Å². The van der Waals surface area contributed by atoms with Gasteiger partial charge in [0, 0.05) is 13.1 Å². The van der Waals surface area contributed by atoms with Crippen molar-refractivity contribution >= 4 is 5.97 Å². The molecule has 0 aliphatic heterocycles. The molecule has 94 valence electrons. The molecule has 3 unspecified atom stereocenters. The molecule has 3 atom stereocenters. The van der Waals surface area contributed by atoms with Gasteiger partial charge in [0.05, 0.1) is 11.5 Å². The zero-order chi connectivity index (χ0) is 12.2.